The smallest absolute Gasteiger partial charge is 0.331 e. The molecule has 0 aromatic heterocycles. The van der Waals surface area contributed by atoms with Crippen LogP contribution in [-0.2, 0) is 23.7 Å². The summed E-state index contributed by atoms with van der Waals surface area (Å²) in [6.07, 6.45) is 0. The third kappa shape index (κ3) is 9.44. The fraction of sp³-hybridized carbons (Fsp3) is 0.889. The molecule has 0 spiro atoms. The molecule has 0 aliphatic rings. The van der Waals surface area contributed by atoms with Gasteiger partial charge in [-0.05, 0) is 6.92 Å². The highest BCUT2D eigenvalue weighted by atomic mass is 16.6. The Morgan fingerprint density at radius 1 is 1.00 bits per heavy atom. The van der Waals surface area contributed by atoms with Crippen LogP contribution in [0.2, 0.25) is 0 Å². The van der Waals surface area contributed by atoms with E-state index in [2.05, 4.69) is 4.74 Å². The molecule has 0 unspecified atom stereocenters. The lowest BCUT2D eigenvalue weighted by atomic mass is 10.7. The molecule has 0 saturated carbocycles. The molecule has 0 aromatic carbocycles. The Hall–Kier alpha value is -0.650. The van der Waals surface area contributed by atoms with E-state index < -0.39 is 0 Å². The molecule has 0 fully saturated rings. The van der Waals surface area contributed by atoms with E-state index in [0.29, 0.717) is 33.0 Å². The summed E-state index contributed by atoms with van der Waals surface area (Å²) in [5.74, 6) is -0.376. The van der Waals surface area contributed by atoms with E-state index in [1.807, 2.05) is 6.92 Å². The minimum absolute atomic E-state index is 0.0225. The Kier molecular flexibility index (Phi) is 9.95. The molecule has 0 aliphatic heterocycles. The lowest BCUT2D eigenvalue weighted by molar-refractivity contribution is -0.146. The maximum atomic E-state index is 10.6. The van der Waals surface area contributed by atoms with E-state index in [-0.39, 0.29) is 12.6 Å². The van der Waals surface area contributed by atoms with Crippen molar-refractivity contribution in [3.63, 3.8) is 0 Å². The van der Waals surface area contributed by atoms with Crippen LogP contribution in [0, 0.1) is 0 Å². The average molecular weight is 206 g/mol. The molecule has 5 nitrogen and oxygen atoms in total. The van der Waals surface area contributed by atoms with Gasteiger partial charge >= 0.3 is 5.97 Å². The first-order chi connectivity index (χ1) is 6.81. The van der Waals surface area contributed by atoms with E-state index in [9.17, 15) is 4.79 Å². The van der Waals surface area contributed by atoms with Crippen LogP contribution in [0.4, 0.5) is 0 Å². The molecule has 14 heavy (non-hydrogen) atoms. The van der Waals surface area contributed by atoms with Crippen LogP contribution < -0.4 is 0 Å². The Labute approximate surface area is 84.3 Å². The highest BCUT2D eigenvalue weighted by Gasteiger charge is 1.98. The van der Waals surface area contributed by atoms with E-state index in [0.717, 1.165) is 0 Å². The Morgan fingerprint density at radius 2 is 1.57 bits per heavy atom. The number of methoxy groups -OCH3 is 1. The molecule has 0 aliphatic carbocycles. The van der Waals surface area contributed by atoms with Gasteiger partial charge in [0.2, 0.25) is 0 Å². The molecule has 0 aromatic rings. The second kappa shape index (κ2) is 10.4. The first kappa shape index (κ1) is 13.4. The van der Waals surface area contributed by atoms with Crippen molar-refractivity contribution in [2.75, 3.05) is 46.8 Å². The molecule has 0 rings (SSSR count). The average Bonchev–Trinajstić information content (AvgIpc) is 2.21. The summed E-state index contributed by atoms with van der Waals surface area (Å²) < 4.78 is 19.5. The third-order valence-corrected chi connectivity index (χ3v) is 1.40. The highest BCUT2D eigenvalue weighted by Crippen LogP contribution is 1.82. The number of hydrogen-bond donors (Lipinski definition) is 0. The third-order valence-electron chi connectivity index (χ3n) is 1.40. The van der Waals surface area contributed by atoms with E-state index >= 15 is 0 Å². The topological polar surface area (TPSA) is 54.0 Å². The molecule has 0 amide bonds. The van der Waals surface area contributed by atoms with Crippen molar-refractivity contribution in [3.8, 4) is 0 Å². The minimum Gasteiger partial charge on any atom is -0.467 e. The summed E-state index contributed by atoms with van der Waals surface area (Å²) in [5.41, 5.74) is 0. The standard InChI is InChI=1S/C9H18O5/c1-3-12-4-5-13-6-7-14-8-9(10)11-2/h3-8H2,1-2H3. The van der Waals surface area contributed by atoms with E-state index in [1.165, 1.54) is 7.11 Å². The van der Waals surface area contributed by atoms with Crippen LogP contribution in [0.15, 0.2) is 0 Å². The first-order valence-corrected chi connectivity index (χ1v) is 4.61. The van der Waals surface area contributed by atoms with Crippen molar-refractivity contribution in [1.29, 1.82) is 0 Å². The van der Waals surface area contributed by atoms with Gasteiger partial charge in [0, 0.05) is 6.61 Å². The normalized spacial score (nSPS) is 10.1. The second-order valence-electron chi connectivity index (χ2n) is 2.44. The molecule has 0 N–H and O–H groups in total. The van der Waals surface area contributed by atoms with Gasteiger partial charge in [0.05, 0.1) is 33.5 Å². The number of ether oxygens (including phenoxy) is 4. The van der Waals surface area contributed by atoms with Gasteiger partial charge in [-0.2, -0.15) is 0 Å². The van der Waals surface area contributed by atoms with E-state index in [4.69, 9.17) is 14.2 Å². The Bertz CT molecular complexity index is 137. The van der Waals surface area contributed by atoms with Crippen molar-refractivity contribution in [1.82, 2.24) is 0 Å². The number of rotatable bonds is 9. The maximum absolute atomic E-state index is 10.6. The van der Waals surface area contributed by atoms with Crippen molar-refractivity contribution in [2.24, 2.45) is 0 Å². The number of esters is 1. The van der Waals surface area contributed by atoms with Gasteiger partial charge in [0.1, 0.15) is 6.61 Å². The van der Waals surface area contributed by atoms with Crippen molar-refractivity contribution < 1.29 is 23.7 Å². The summed E-state index contributed by atoms with van der Waals surface area (Å²) in [4.78, 5) is 10.6. The van der Waals surface area contributed by atoms with Crippen molar-refractivity contribution in [2.45, 2.75) is 6.92 Å². The van der Waals surface area contributed by atoms with Gasteiger partial charge in [-0.25, -0.2) is 4.79 Å². The van der Waals surface area contributed by atoms with E-state index in [1.54, 1.807) is 0 Å². The maximum Gasteiger partial charge on any atom is 0.331 e. The quantitative estimate of drug-likeness (QED) is 0.399. The first-order valence-electron chi connectivity index (χ1n) is 4.61. The second-order valence-corrected chi connectivity index (χ2v) is 2.44. The predicted octanol–water partition coefficient (Wildman–Crippen LogP) is 0.229. The fourth-order valence-electron chi connectivity index (χ4n) is 0.697. The Morgan fingerprint density at radius 3 is 2.14 bits per heavy atom. The van der Waals surface area contributed by atoms with Gasteiger partial charge in [-0.15, -0.1) is 0 Å². The van der Waals surface area contributed by atoms with Gasteiger partial charge in [0.15, 0.2) is 0 Å². The van der Waals surface area contributed by atoms with Crippen molar-refractivity contribution in [3.05, 3.63) is 0 Å². The molecule has 0 atom stereocenters. The van der Waals surface area contributed by atoms with Crippen LogP contribution in [0.3, 0.4) is 0 Å². The Balaban J connectivity index is 2.95. The van der Waals surface area contributed by atoms with Crippen LogP contribution >= 0.6 is 0 Å². The van der Waals surface area contributed by atoms with Gasteiger partial charge in [-0.1, -0.05) is 0 Å². The van der Waals surface area contributed by atoms with Crippen LogP contribution in [0.1, 0.15) is 6.92 Å². The zero-order valence-electron chi connectivity index (χ0n) is 8.78. The monoisotopic (exact) mass is 206 g/mol. The van der Waals surface area contributed by atoms with Gasteiger partial charge < -0.3 is 18.9 Å². The lowest BCUT2D eigenvalue weighted by Gasteiger charge is -2.04. The zero-order valence-corrected chi connectivity index (χ0v) is 8.78. The lowest BCUT2D eigenvalue weighted by Crippen LogP contribution is -2.14. The van der Waals surface area contributed by atoms with Crippen LogP contribution in [0.5, 0.6) is 0 Å². The number of carbonyl (C=O) groups is 1. The summed E-state index contributed by atoms with van der Waals surface area (Å²) in [7, 11) is 1.32. The summed E-state index contributed by atoms with van der Waals surface area (Å²) in [5, 5.41) is 0. The van der Waals surface area contributed by atoms with Crippen LogP contribution in [-0.4, -0.2) is 52.7 Å². The number of carbonyl (C=O) groups excluding carboxylic acids is 1. The van der Waals surface area contributed by atoms with Gasteiger partial charge in [0.25, 0.3) is 0 Å². The predicted molar refractivity (Wildman–Crippen MR) is 50.1 cm³/mol. The molecule has 0 bridgehead atoms. The largest absolute Gasteiger partial charge is 0.467 e. The molecule has 0 radical (unpaired) electrons. The summed E-state index contributed by atoms with van der Waals surface area (Å²) in [6, 6.07) is 0. The summed E-state index contributed by atoms with van der Waals surface area (Å²) in [6.45, 7) is 4.60. The SMILES string of the molecule is CCOCCOCCOCC(=O)OC. The highest BCUT2D eigenvalue weighted by molar-refractivity contribution is 5.70. The van der Waals surface area contributed by atoms with Gasteiger partial charge in [-0.3, -0.25) is 0 Å². The van der Waals surface area contributed by atoms with Crippen LogP contribution in [0.25, 0.3) is 0 Å². The molecular formula is C9H18O5. The zero-order chi connectivity index (χ0) is 10.6. The number of hydrogen-bond acceptors (Lipinski definition) is 5. The molecule has 0 heterocycles. The molecule has 5 heteroatoms. The molecule has 0 saturated heterocycles. The molecule has 84 valence electrons. The molecular weight excluding hydrogens is 188 g/mol. The van der Waals surface area contributed by atoms with Crippen molar-refractivity contribution >= 4 is 5.97 Å². The fourth-order valence-corrected chi connectivity index (χ4v) is 0.697. The summed E-state index contributed by atoms with van der Waals surface area (Å²) >= 11 is 0. The minimum atomic E-state index is -0.376.